The molecule has 1 heterocycles. The number of phenolic OH excluding ortho intramolecular Hbond substituents is 1. The molecule has 1 aromatic carbocycles. The second kappa shape index (κ2) is 3.50. The lowest BCUT2D eigenvalue weighted by atomic mass is 9.97. The summed E-state index contributed by atoms with van der Waals surface area (Å²) in [6.07, 6.45) is 0.425. The molecule has 4 heteroatoms. The summed E-state index contributed by atoms with van der Waals surface area (Å²) in [4.78, 5) is 11.0. The Hall–Kier alpha value is -1.22. The molecule has 1 amide bonds. The van der Waals surface area contributed by atoms with Crippen LogP contribution in [0.4, 0.5) is 0 Å². The lowest BCUT2D eigenvalue weighted by molar-refractivity contribution is -0.119. The summed E-state index contributed by atoms with van der Waals surface area (Å²) in [5.41, 5.74) is 0.746. The van der Waals surface area contributed by atoms with E-state index in [1.807, 2.05) is 0 Å². The number of para-hydroxylation sites is 1. The van der Waals surface area contributed by atoms with Crippen LogP contribution in [0.25, 0.3) is 0 Å². The van der Waals surface area contributed by atoms with Crippen LogP contribution in [0.2, 0.25) is 5.02 Å². The highest BCUT2D eigenvalue weighted by atomic mass is 35.5. The van der Waals surface area contributed by atoms with Crippen molar-refractivity contribution in [2.24, 2.45) is 0 Å². The van der Waals surface area contributed by atoms with Crippen molar-refractivity contribution in [3.05, 3.63) is 28.8 Å². The second-order valence-corrected chi connectivity index (χ2v) is 3.79. The van der Waals surface area contributed by atoms with Gasteiger partial charge in [-0.05, 0) is 6.07 Å². The molecule has 14 heavy (non-hydrogen) atoms. The number of hydrogen-bond donors (Lipinski definition) is 2. The van der Waals surface area contributed by atoms with Crippen LogP contribution in [0.5, 0.6) is 5.75 Å². The van der Waals surface area contributed by atoms with E-state index in [1.165, 1.54) is 0 Å². The molecule has 74 valence electrons. The molecule has 2 rings (SSSR count). The summed E-state index contributed by atoms with van der Waals surface area (Å²) in [7, 11) is 0. The van der Waals surface area contributed by atoms with E-state index in [4.69, 9.17) is 11.6 Å². The Labute approximate surface area is 86.7 Å². The van der Waals surface area contributed by atoms with Gasteiger partial charge in [0.15, 0.2) is 0 Å². The van der Waals surface area contributed by atoms with Crippen LogP contribution < -0.4 is 5.32 Å². The Morgan fingerprint density at radius 2 is 2.29 bits per heavy atom. The van der Waals surface area contributed by atoms with Crippen LogP contribution in [-0.2, 0) is 4.79 Å². The predicted octanol–water partition coefficient (Wildman–Crippen LogP) is 1.65. The summed E-state index contributed by atoms with van der Waals surface area (Å²) in [6.45, 7) is 0.576. The number of carbonyl (C=O) groups is 1. The molecule has 0 saturated carbocycles. The summed E-state index contributed by atoms with van der Waals surface area (Å²) in [6, 6.07) is 5.21. The Morgan fingerprint density at radius 3 is 2.93 bits per heavy atom. The monoisotopic (exact) mass is 211 g/mol. The van der Waals surface area contributed by atoms with Crippen molar-refractivity contribution in [3.63, 3.8) is 0 Å². The van der Waals surface area contributed by atoms with Crippen LogP contribution in [0.1, 0.15) is 17.9 Å². The number of phenols is 1. The minimum Gasteiger partial charge on any atom is -0.506 e. The fourth-order valence-electron chi connectivity index (χ4n) is 1.69. The molecule has 0 radical (unpaired) electrons. The molecule has 1 fully saturated rings. The third-order valence-corrected chi connectivity index (χ3v) is 2.74. The zero-order valence-electron chi connectivity index (χ0n) is 7.46. The maximum Gasteiger partial charge on any atom is 0.220 e. The van der Waals surface area contributed by atoms with Gasteiger partial charge in [-0.25, -0.2) is 0 Å². The topological polar surface area (TPSA) is 49.3 Å². The van der Waals surface area contributed by atoms with Crippen LogP contribution in [0.3, 0.4) is 0 Å². The number of benzene rings is 1. The highest BCUT2D eigenvalue weighted by Gasteiger charge is 2.25. The number of aromatic hydroxyl groups is 1. The SMILES string of the molecule is O=C1CC(c2cccc(Cl)c2O)CN1. The van der Waals surface area contributed by atoms with Gasteiger partial charge in [0, 0.05) is 24.4 Å². The van der Waals surface area contributed by atoms with E-state index in [-0.39, 0.29) is 17.6 Å². The smallest absolute Gasteiger partial charge is 0.220 e. The number of nitrogens with one attached hydrogen (secondary N) is 1. The molecule has 0 bridgehead atoms. The molecule has 1 aliphatic heterocycles. The van der Waals surface area contributed by atoms with Gasteiger partial charge in [0.25, 0.3) is 0 Å². The fraction of sp³-hybridized carbons (Fsp3) is 0.300. The fourth-order valence-corrected chi connectivity index (χ4v) is 1.87. The van der Waals surface area contributed by atoms with E-state index in [0.717, 1.165) is 5.56 Å². The van der Waals surface area contributed by atoms with Gasteiger partial charge < -0.3 is 10.4 Å². The van der Waals surface area contributed by atoms with Gasteiger partial charge in [-0.2, -0.15) is 0 Å². The minimum absolute atomic E-state index is 0.0226. The number of hydrogen-bond acceptors (Lipinski definition) is 2. The molecule has 0 aromatic heterocycles. The first-order valence-corrected chi connectivity index (χ1v) is 4.80. The van der Waals surface area contributed by atoms with Crippen LogP contribution in [0, 0.1) is 0 Å². The minimum atomic E-state index is 0.0226. The number of carbonyl (C=O) groups excluding carboxylic acids is 1. The molecule has 1 aliphatic rings. The third-order valence-electron chi connectivity index (χ3n) is 2.44. The zero-order chi connectivity index (χ0) is 10.1. The first kappa shape index (κ1) is 9.34. The maximum absolute atomic E-state index is 11.0. The summed E-state index contributed by atoms with van der Waals surface area (Å²) in [5.74, 6) is 0.159. The van der Waals surface area contributed by atoms with Crippen molar-refractivity contribution < 1.29 is 9.90 Å². The van der Waals surface area contributed by atoms with Gasteiger partial charge in [0.05, 0.1) is 5.02 Å². The largest absolute Gasteiger partial charge is 0.506 e. The van der Waals surface area contributed by atoms with Crippen molar-refractivity contribution in [2.45, 2.75) is 12.3 Å². The van der Waals surface area contributed by atoms with Crippen molar-refractivity contribution in [1.82, 2.24) is 5.32 Å². The van der Waals surface area contributed by atoms with Crippen molar-refractivity contribution in [2.75, 3.05) is 6.54 Å². The van der Waals surface area contributed by atoms with E-state index in [1.54, 1.807) is 18.2 Å². The summed E-state index contributed by atoms with van der Waals surface area (Å²) < 4.78 is 0. The quantitative estimate of drug-likeness (QED) is 0.742. The molecule has 3 nitrogen and oxygen atoms in total. The molecular weight excluding hydrogens is 202 g/mol. The first-order valence-electron chi connectivity index (χ1n) is 4.42. The molecule has 1 unspecified atom stereocenters. The summed E-state index contributed by atoms with van der Waals surface area (Å²) >= 11 is 5.77. The zero-order valence-corrected chi connectivity index (χ0v) is 8.21. The molecule has 0 aliphatic carbocycles. The summed E-state index contributed by atoms with van der Waals surface area (Å²) in [5, 5.41) is 12.7. The molecule has 1 aromatic rings. The normalized spacial score (nSPS) is 20.9. The van der Waals surface area contributed by atoms with Crippen LogP contribution in [-0.4, -0.2) is 17.6 Å². The second-order valence-electron chi connectivity index (χ2n) is 3.38. The maximum atomic E-state index is 11.0. The standard InChI is InChI=1S/C10H10ClNO2/c11-8-3-1-2-7(10(8)14)6-4-9(13)12-5-6/h1-3,6,14H,4-5H2,(H,12,13). The number of rotatable bonds is 1. The van der Waals surface area contributed by atoms with Crippen molar-refractivity contribution in [3.8, 4) is 5.75 Å². The lowest BCUT2D eigenvalue weighted by Crippen LogP contribution is -2.13. The molecule has 1 saturated heterocycles. The van der Waals surface area contributed by atoms with Gasteiger partial charge in [-0.1, -0.05) is 23.7 Å². The van der Waals surface area contributed by atoms with E-state index in [9.17, 15) is 9.90 Å². The number of amides is 1. The van der Waals surface area contributed by atoms with E-state index < -0.39 is 0 Å². The third kappa shape index (κ3) is 1.55. The van der Waals surface area contributed by atoms with E-state index in [0.29, 0.717) is 18.0 Å². The van der Waals surface area contributed by atoms with Crippen LogP contribution >= 0.6 is 11.6 Å². The van der Waals surface area contributed by atoms with Crippen molar-refractivity contribution >= 4 is 17.5 Å². The Kier molecular flexibility index (Phi) is 2.33. The van der Waals surface area contributed by atoms with Gasteiger partial charge >= 0.3 is 0 Å². The average Bonchev–Trinajstić information content (AvgIpc) is 2.57. The molecule has 0 spiro atoms. The Balaban J connectivity index is 2.32. The Morgan fingerprint density at radius 1 is 1.50 bits per heavy atom. The van der Waals surface area contributed by atoms with Gasteiger partial charge in [-0.15, -0.1) is 0 Å². The Bertz CT molecular complexity index is 378. The highest BCUT2D eigenvalue weighted by Crippen LogP contribution is 2.34. The molecular formula is C10H10ClNO2. The highest BCUT2D eigenvalue weighted by molar-refractivity contribution is 6.32. The van der Waals surface area contributed by atoms with Gasteiger partial charge in [-0.3, -0.25) is 4.79 Å². The molecule has 1 atom stereocenters. The molecule has 2 N–H and O–H groups in total. The van der Waals surface area contributed by atoms with Gasteiger partial charge in [0.1, 0.15) is 5.75 Å². The van der Waals surface area contributed by atoms with Crippen molar-refractivity contribution in [1.29, 1.82) is 0 Å². The first-order chi connectivity index (χ1) is 6.68. The lowest BCUT2D eigenvalue weighted by Gasteiger charge is -2.10. The number of halogens is 1. The average molecular weight is 212 g/mol. The predicted molar refractivity (Wildman–Crippen MR) is 53.5 cm³/mol. The van der Waals surface area contributed by atoms with E-state index >= 15 is 0 Å². The van der Waals surface area contributed by atoms with E-state index in [2.05, 4.69) is 5.32 Å². The van der Waals surface area contributed by atoms with Crippen LogP contribution in [0.15, 0.2) is 18.2 Å². The van der Waals surface area contributed by atoms with Gasteiger partial charge in [0.2, 0.25) is 5.91 Å².